The number of H-pyrrole nitrogens is 1. The van der Waals surface area contributed by atoms with Gasteiger partial charge in [0, 0.05) is 28.6 Å². The molecule has 5 heteroatoms. The number of aldehydes is 1. The molecule has 1 aromatic heterocycles. The maximum atomic E-state index is 11.5. The number of benzene rings is 2. The number of nitrogens with zero attached hydrogens (tertiary/aromatic N) is 1. The first-order chi connectivity index (χ1) is 10.6. The molecule has 0 amide bonds. The van der Waals surface area contributed by atoms with E-state index in [9.17, 15) is 14.9 Å². The molecule has 5 nitrogen and oxygen atoms in total. The van der Waals surface area contributed by atoms with Gasteiger partial charge in [-0.1, -0.05) is 31.2 Å². The lowest BCUT2D eigenvalue weighted by Gasteiger charge is -2.01. The summed E-state index contributed by atoms with van der Waals surface area (Å²) in [4.78, 5) is 25.1. The van der Waals surface area contributed by atoms with Crippen molar-refractivity contribution in [2.45, 2.75) is 13.3 Å². The van der Waals surface area contributed by atoms with Crippen LogP contribution in [0.1, 0.15) is 22.8 Å². The van der Waals surface area contributed by atoms with Gasteiger partial charge in [-0.05, 0) is 23.6 Å². The molecule has 0 bridgehead atoms. The second-order valence-corrected chi connectivity index (χ2v) is 5.07. The molecule has 3 rings (SSSR count). The van der Waals surface area contributed by atoms with Crippen LogP contribution in [-0.2, 0) is 6.42 Å². The lowest BCUT2D eigenvalue weighted by atomic mass is 10.0. The van der Waals surface area contributed by atoms with Crippen molar-refractivity contribution in [2.75, 3.05) is 0 Å². The van der Waals surface area contributed by atoms with Crippen LogP contribution in [0.5, 0.6) is 0 Å². The van der Waals surface area contributed by atoms with Gasteiger partial charge in [0.15, 0.2) is 6.29 Å². The van der Waals surface area contributed by atoms with E-state index in [-0.39, 0.29) is 5.69 Å². The van der Waals surface area contributed by atoms with Gasteiger partial charge in [-0.2, -0.15) is 0 Å². The second-order valence-electron chi connectivity index (χ2n) is 5.07. The molecule has 0 spiro atoms. The van der Waals surface area contributed by atoms with Crippen LogP contribution in [0.25, 0.3) is 22.2 Å². The highest BCUT2D eigenvalue weighted by Crippen LogP contribution is 2.31. The van der Waals surface area contributed by atoms with Gasteiger partial charge < -0.3 is 4.98 Å². The molecule has 0 saturated carbocycles. The molecule has 0 unspecified atom stereocenters. The number of aromatic nitrogens is 1. The van der Waals surface area contributed by atoms with E-state index in [1.165, 1.54) is 17.7 Å². The quantitative estimate of drug-likeness (QED) is 0.447. The fraction of sp³-hybridized carbons (Fsp3) is 0.118. The van der Waals surface area contributed by atoms with Crippen LogP contribution in [0.2, 0.25) is 0 Å². The van der Waals surface area contributed by atoms with Crippen molar-refractivity contribution in [3.8, 4) is 11.3 Å². The number of carbonyl (C=O) groups excluding carboxylic acids is 1. The predicted molar refractivity (Wildman–Crippen MR) is 85.2 cm³/mol. The molecule has 22 heavy (non-hydrogen) atoms. The normalized spacial score (nSPS) is 10.8. The number of hydrogen-bond acceptors (Lipinski definition) is 3. The number of hydrogen-bond donors (Lipinski definition) is 1. The molecule has 0 fully saturated rings. The summed E-state index contributed by atoms with van der Waals surface area (Å²) in [5.41, 5.74) is 3.92. The van der Waals surface area contributed by atoms with Crippen LogP contribution >= 0.6 is 0 Å². The maximum absolute atomic E-state index is 11.5. The highest BCUT2D eigenvalue weighted by molar-refractivity contribution is 6.05. The zero-order valence-corrected chi connectivity index (χ0v) is 12.0. The standard InChI is InChI=1S/C17H14N2O3/c1-2-11-3-5-12(6-4-11)17-15(10-20)14-9-13(19(21)22)7-8-16(14)18-17/h3-10,18H,2H2,1H3. The first kappa shape index (κ1) is 14.0. The third-order valence-corrected chi connectivity index (χ3v) is 3.80. The molecule has 3 aromatic rings. The van der Waals surface area contributed by atoms with Crippen LogP contribution in [0.15, 0.2) is 42.5 Å². The van der Waals surface area contributed by atoms with Gasteiger partial charge in [0.2, 0.25) is 0 Å². The number of aryl methyl sites for hydroxylation is 1. The van der Waals surface area contributed by atoms with Crippen molar-refractivity contribution >= 4 is 22.9 Å². The molecule has 0 aliphatic heterocycles. The molecule has 0 aliphatic rings. The van der Waals surface area contributed by atoms with Gasteiger partial charge in [-0.25, -0.2) is 0 Å². The highest BCUT2D eigenvalue weighted by Gasteiger charge is 2.15. The number of nitrogens with one attached hydrogen (secondary N) is 1. The van der Waals surface area contributed by atoms with Crippen molar-refractivity contribution in [3.63, 3.8) is 0 Å². The molecule has 110 valence electrons. The first-order valence-electron chi connectivity index (χ1n) is 6.98. The van der Waals surface area contributed by atoms with Gasteiger partial charge in [-0.3, -0.25) is 14.9 Å². The van der Waals surface area contributed by atoms with E-state index >= 15 is 0 Å². The summed E-state index contributed by atoms with van der Waals surface area (Å²) in [5, 5.41) is 11.5. The lowest BCUT2D eigenvalue weighted by Crippen LogP contribution is -1.88. The first-order valence-corrected chi connectivity index (χ1v) is 6.98. The minimum Gasteiger partial charge on any atom is -0.354 e. The molecule has 0 atom stereocenters. The molecule has 2 aromatic carbocycles. The van der Waals surface area contributed by atoms with Gasteiger partial charge in [-0.15, -0.1) is 0 Å². The average Bonchev–Trinajstić information content (AvgIpc) is 2.92. The Morgan fingerprint density at radius 1 is 1.18 bits per heavy atom. The smallest absolute Gasteiger partial charge is 0.270 e. The third kappa shape index (κ3) is 2.26. The Bertz CT molecular complexity index is 863. The number of nitro benzene ring substituents is 1. The number of aromatic amines is 1. The van der Waals surface area contributed by atoms with Crippen LogP contribution in [0.4, 0.5) is 5.69 Å². The largest absolute Gasteiger partial charge is 0.354 e. The summed E-state index contributed by atoms with van der Waals surface area (Å²) in [6.45, 7) is 2.08. The lowest BCUT2D eigenvalue weighted by molar-refractivity contribution is -0.384. The number of carbonyl (C=O) groups is 1. The predicted octanol–water partition coefficient (Wildman–Crippen LogP) is 4.12. The van der Waals surface area contributed by atoms with Crippen molar-refractivity contribution in [1.82, 2.24) is 4.98 Å². The highest BCUT2D eigenvalue weighted by atomic mass is 16.6. The molecule has 0 radical (unpaired) electrons. The minimum absolute atomic E-state index is 0.0255. The summed E-state index contributed by atoms with van der Waals surface area (Å²) >= 11 is 0. The van der Waals surface area contributed by atoms with E-state index in [0.717, 1.165) is 18.3 Å². The summed E-state index contributed by atoms with van der Waals surface area (Å²) in [6, 6.07) is 12.4. The van der Waals surface area contributed by atoms with Gasteiger partial charge in [0.25, 0.3) is 5.69 Å². The Hall–Kier alpha value is -2.95. The minimum atomic E-state index is -0.462. The molecular formula is C17H14N2O3. The summed E-state index contributed by atoms with van der Waals surface area (Å²) in [5.74, 6) is 0. The van der Waals surface area contributed by atoms with Crippen molar-refractivity contribution in [3.05, 3.63) is 63.7 Å². The average molecular weight is 294 g/mol. The Morgan fingerprint density at radius 2 is 1.91 bits per heavy atom. The number of rotatable bonds is 4. The Kier molecular flexibility index (Phi) is 3.47. The zero-order valence-electron chi connectivity index (χ0n) is 12.0. The van der Waals surface area contributed by atoms with E-state index in [0.29, 0.717) is 22.2 Å². The molecule has 0 aliphatic carbocycles. The van der Waals surface area contributed by atoms with E-state index in [4.69, 9.17) is 0 Å². The van der Waals surface area contributed by atoms with Crippen molar-refractivity contribution < 1.29 is 9.72 Å². The topological polar surface area (TPSA) is 76.0 Å². The number of non-ortho nitro benzene ring substituents is 1. The molecule has 1 heterocycles. The van der Waals surface area contributed by atoms with Gasteiger partial charge in [0.1, 0.15) is 0 Å². The SMILES string of the molecule is CCc1ccc(-c2[nH]c3ccc([N+](=O)[O-])cc3c2C=O)cc1. The number of nitro groups is 1. The maximum Gasteiger partial charge on any atom is 0.270 e. The van der Waals surface area contributed by atoms with Crippen LogP contribution in [-0.4, -0.2) is 16.2 Å². The molecule has 0 saturated heterocycles. The Labute approximate surface area is 126 Å². The fourth-order valence-electron chi connectivity index (χ4n) is 2.57. The van der Waals surface area contributed by atoms with Crippen LogP contribution in [0.3, 0.4) is 0 Å². The van der Waals surface area contributed by atoms with Gasteiger partial charge >= 0.3 is 0 Å². The monoisotopic (exact) mass is 294 g/mol. The fourth-order valence-corrected chi connectivity index (χ4v) is 2.57. The molecule has 1 N–H and O–H groups in total. The van der Waals surface area contributed by atoms with E-state index in [1.54, 1.807) is 6.07 Å². The van der Waals surface area contributed by atoms with Crippen LogP contribution < -0.4 is 0 Å². The zero-order chi connectivity index (χ0) is 15.7. The van der Waals surface area contributed by atoms with Crippen molar-refractivity contribution in [2.24, 2.45) is 0 Å². The van der Waals surface area contributed by atoms with Crippen molar-refractivity contribution in [1.29, 1.82) is 0 Å². The molecular weight excluding hydrogens is 280 g/mol. The van der Waals surface area contributed by atoms with Crippen LogP contribution in [0, 0.1) is 10.1 Å². The second kappa shape index (κ2) is 5.44. The van der Waals surface area contributed by atoms with E-state index in [1.807, 2.05) is 24.3 Å². The van der Waals surface area contributed by atoms with E-state index < -0.39 is 4.92 Å². The summed E-state index contributed by atoms with van der Waals surface area (Å²) < 4.78 is 0. The van der Waals surface area contributed by atoms with Gasteiger partial charge in [0.05, 0.1) is 10.6 Å². The summed E-state index contributed by atoms with van der Waals surface area (Å²) in [7, 11) is 0. The Balaban J connectivity index is 2.20. The number of fused-ring (bicyclic) bond motifs is 1. The van der Waals surface area contributed by atoms with E-state index in [2.05, 4.69) is 11.9 Å². The Morgan fingerprint density at radius 3 is 2.50 bits per heavy atom. The summed E-state index contributed by atoms with van der Waals surface area (Å²) in [6.07, 6.45) is 1.69. The third-order valence-electron chi connectivity index (χ3n) is 3.80.